The van der Waals surface area contributed by atoms with E-state index in [4.69, 9.17) is 10.8 Å². The molecule has 0 saturated heterocycles. The van der Waals surface area contributed by atoms with Crippen molar-refractivity contribution in [2.45, 2.75) is 13.3 Å². The van der Waals surface area contributed by atoms with Crippen molar-refractivity contribution in [1.29, 1.82) is 0 Å². The molecule has 0 aliphatic rings. The Morgan fingerprint density at radius 2 is 2.10 bits per heavy atom. The summed E-state index contributed by atoms with van der Waals surface area (Å²) >= 11 is 0. The van der Waals surface area contributed by atoms with Gasteiger partial charge in [-0.25, -0.2) is 0 Å². The second-order valence-electron chi connectivity index (χ2n) is 1.75. The predicted molar refractivity (Wildman–Crippen MR) is 35.2 cm³/mol. The van der Waals surface area contributed by atoms with Gasteiger partial charge in [-0.3, -0.25) is 9.59 Å². The molecule has 0 atom stereocenters. The number of carbonyl (C=O) groups excluding carboxylic acids is 1. The number of hydrogen-bond donors (Lipinski definition) is 2. The molecular weight excluding hydrogens is 134 g/mol. The maximum absolute atomic E-state index is 10.4. The molecule has 4 nitrogen and oxygen atoms in total. The minimum Gasteiger partial charge on any atom is -0.481 e. The fourth-order valence-corrected chi connectivity index (χ4v) is 0.494. The molecule has 0 bridgehead atoms. The van der Waals surface area contributed by atoms with Crippen molar-refractivity contribution in [3.63, 3.8) is 0 Å². The van der Waals surface area contributed by atoms with Crippen LogP contribution in [0.4, 0.5) is 0 Å². The average molecular weight is 143 g/mol. The van der Waals surface area contributed by atoms with Crippen molar-refractivity contribution in [1.82, 2.24) is 0 Å². The highest BCUT2D eigenvalue weighted by Crippen LogP contribution is 1.98. The lowest BCUT2D eigenvalue weighted by molar-refractivity contribution is -0.137. The smallest absolute Gasteiger partial charge is 0.308 e. The molecule has 3 N–H and O–H groups in total. The quantitative estimate of drug-likeness (QED) is 0.541. The van der Waals surface area contributed by atoms with E-state index >= 15 is 0 Å². The van der Waals surface area contributed by atoms with Crippen LogP contribution in [0.15, 0.2) is 11.6 Å². The second-order valence-corrected chi connectivity index (χ2v) is 1.75. The summed E-state index contributed by atoms with van der Waals surface area (Å²) in [7, 11) is 0. The van der Waals surface area contributed by atoms with Crippen molar-refractivity contribution in [2.24, 2.45) is 5.73 Å². The third kappa shape index (κ3) is 2.86. The maximum atomic E-state index is 10.4. The van der Waals surface area contributed by atoms with E-state index in [-0.39, 0.29) is 12.0 Å². The zero-order chi connectivity index (χ0) is 8.15. The van der Waals surface area contributed by atoms with E-state index < -0.39 is 11.9 Å². The van der Waals surface area contributed by atoms with Crippen molar-refractivity contribution in [2.75, 3.05) is 0 Å². The van der Waals surface area contributed by atoms with Crippen molar-refractivity contribution in [3.8, 4) is 0 Å². The third-order valence-electron chi connectivity index (χ3n) is 1.01. The fraction of sp³-hybridized carbons (Fsp3) is 0.333. The summed E-state index contributed by atoms with van der Waals surface area (Å²) in [6.45, 7) is 1.57. The Morgan fingerprint density at radius 1 is 1.60 bits per heavy atom. The van der Waals surface area contributed by atoms with Crippen LogP contribution in [0.2, 0.25) is 0 Å². The van der Waals surface area contributed by atoms with E-state index in [1.807, 2.05) is 0 Å². The summed E-state index contributed by atoms with van der Waals surface area (Å²) in [6.07, 6.45) is 1.10. The first-order valence-electron chi connectivity index (χ1n) is 2.74. The first-order valence-corrected chi connectivity index (χ1v) is 2.74. The summed E-state index contributed by atoms with van der Waals surface area (Å²) < 4.78 is 0. The number of primary amides is 1. The molecule has 0 aliphatic heterocycles. The lowest BCUT2D eigenvalue weighted by Crippen LogP contribution is -2.16. The highest BCUT2D eigenvalue weighted by Gasteiger charge is 2.07. The number of hydrogen-bond acceptors (Lipinski definition) is 2. The van der Waals surface area contributed by atoms with Crippen LogP contribution in [-0.4, -0.2) is 17.0 Å². The van der Waals surface area contributed by atoms with E-state index in [0.29, 0.717) is 0 Å². The summed E-state index contributed by atoms with van der Waals surface area (Å²) in [5, 5.41) is 8.22. The van der Waals surface area contributed by atoms with Gasteiger partial charge in [-0.2, -0.15) is 0 Å². The van der Waals surface area contributed by atoms with Gasteiger partial charge in [0.15, 0.2) is 0 Å². The molecule has 1 amide bonds. The van der Waals surface area contributed by atoms with Crippen LogP contribution in [-0.2, 0) is 9.59 Å². The monoisotopic (exact) mass is 143 g/mol. The summed E-state index contributed by atoms with van der Waals surface area (Å²) in [5.74, 6) is -1.73. The number of amides is 1. The first-order chi connectivity index (χ1) is 4.57. The number of carbonyl (C=O) groups is 2. The number of rotatable bonds is 3. The number of carboxylic acids is 1. The maximum Gasteiger partial charge on any atom is 0.308 e. The van der Waals surface area contributed by atoms with Crippen LogP contribution in [0.5, 0.6) is 0 Å². The van der Waals surface area contributed by atoms with Gasteiger partial charge in [0.25, 0.3) is 0 Å². The summed E-state index contributed by atoms with van der Waals surface area (Å²) in [4.78, 5) is 20.4. The number of carboxylic acid groups (broad SMARTS) is 1. The van der Waals surface area contributed by atoms with Gasteiger partial charge in [0.2, 0.25) is 5.91 Å². The van der Waals surface area contributed by atoms with E-state index in [1.165, 1.54) is 6.08 Å². The zero-order valence-corrected chi connectivity index (χ0v) is 5.63. The Balaban J connectivity index is 4.12. The molecule has 10 heavy (non-hydrogen) atoms. The van der Waals surface area contributed by atoms with Gasteiger partial charge in [0.1, 0.15) is 0 Å². The van der Waals surface area contributed by atoms with Crippen LogP contribution in [0.1, 0.15) is 13.3 Å². The van der Waals surface area contributed by atoms with Crippen LogP contribution < -0.4 is 5.73 Å². The van der Waals surface area contributed by atoms with Crippen molar-refractivity contribution in [3.05, 3.63) is 11.6 Å². The Bertz CT molecular complexity index is 183. The molecule has 0 rings (SSSR count). The van der Waals surface area contributed by atoms with E-state index in [2.05, 4.69) is 0 Å². The average Bonchev–Trinajstić information content (AvgIpc) is 1.81. The lowest BCUT2D eigenvalue weighted by atomic mass is 10.2. The number of nitrogens with two attached hydrogens (primary N) is 1. The van der Waals surface area contributed by atoms with Gasteiger partial charge in [-0.1, -0.05) is 6.08 Å². The topological polar surface area (TPSA) is 80.4 Å². The third-order valence-corrected chi connectivity index (χ3v) is 1.01. The number of allylic oxidation sites excluding steroid dienone is 1. The molecule has 0 spiro atoms. The molecule has 56 valence electrons. The molecular formula is C6H9NO3. The summed E-state index contributed by atoms with van der Waals surface area (Å²) in [5.41, 5.74) is 4.96. The molecule has 4 heteroatoms. The largest absolute Gasteiger partial charge is 0.481 e. The highest BCUT2D eigenvalue weighted by molar-refractivity contribution is 5.96. The summed E-state index contributed by atoms with van der Waals surface area (Å²) in [6, 6.07) is 0. The van der Waals surface area contributed by atoms with Crippen LogP contribution >= 0.6 is 0 Å². The molecule has 0 aliphatic carbocycles. The lowest BCUT2D eigenvalue weighted by Gasteiger charge is -1.95. The second kappa shape index (κ2) is 3.66. The predicted octanol–water partition coefficient (Wildman–Crippen LogP) is -0.107. The minimum absolute atomic E-state index is 0.132. The molecule has 0 aromatic rings. The fourth-order valence-electron chi connectivity index (χ4n) is 0.494. The van der Waals surface area contributed by atoms with Crippen LogP contribution in [0, 0.1) is 0 Å². The van der Waals surface area contributed by atoms with Crippen LogP contribution in [0.25, 0.3) is 0 Å². The molecule has 0 aromatic heterocycles. The van der Waals surface area contributed by atoms with Gasteiger partial charge in [-0.05, 0) is 6.92 Å². The minimum atomic E-state index is -1.05. The molecule has 0 heterocycles. The number of aliphatic carboxylic acids is 1. The standard InChI is InChI=1S/C6H9NO3/c1-2-4(6(7)10)3-5(8)9/h2H,3H2,1H3,(H2,7,10)(H,8,9)/b4-2-. The Kier molecular flexibility index (Phi) is 3.17. The van der Waals surface area contributed by atoms with Crippen molar-refractivity contribution < 1.29 is 14.7 Å². The SMILES string of the molecule is C/C=C(/CC(=O)O)C(N)=O. The van der Waals surface area contributed by atoms with Gasteiger partial charge >= 0.3 is 5.97 Å². The van der Waals surface area contributed by atoms with Gasteiger partial charge in [-0.15, -0.1) is 0 Å². The molecule has 0 aromatic carbocycles. The molecule has 0 saturated carbocycles. The Morgan fingerprint density at radius 3 is 2.20 bits per heavy atom. The Labute approximate surface area is 58.3 Å². The van der Waals surface area contributed by atoms with E-state index in [1.54, 1.807) is 6.92 Å². The van der Waals surface area contributed by atoms with Crippen molar-refractivity contribution >= 4 is 11.9 Å². The van der Waals surface area contributed by atoms with E-state index in [0.717, 1.165) is 0 Å². The van der Waals surface area contributed by atoms with Gasteiger partial charge in [0, 0.05) is 5.57 Å². The molecule has 0 radical (unpaired) electrons. The Hall–Kier alpha value is -1.32. The van der Waals surface area contributed by atoms with Gasteiger partial charge < -0.3 is 10.8 Å². The zero-order valence-electron chi connectivity index (χ0n) is 5.63. The highest BCUT2D eigenvalue weighted by atomic mass is 16.4. The van der Waals surface area contributed by atoms with E-state index in [9.17, 15) is 9.59 Å². The molecule has 0 unspecified atom stereocenters. The molecule has 0 fully saturated rings. The normalized spacial score (nSPS) is 11.1. The first kappa shape index (κ1) is 8.68. The van der Waals surface area contributed by atoms with Crippen LogP contribution in [0.3, 0.4) is 0 Å². The van der Waals surface area contributed by atoms with Gasteiger partial charge in [0.05, 0.1) is 6.42 Å².